The van der Waals surface area contributed by atoms with Crippen molar-refractivity contribution in [3.05, 3.63) is 88.9 Å². The SMILES string of the molecule is Cc1cccc(NC(=O)CN2C(=O)N/C(=C/c3cc(C)n(-c4ccccc4)c3C)C2=O)c1. The molecule has 0 radical (unpaired) electrons. The predicted molar refractivity (Wildman–Crippen MR) is 123 cm³/mol. The molecule has 32 heavy (non-hydrogen) atoms. The van der Waals surface area contributed by atoms with Crippen LogP contribution in [0.4, 0.5) is 10.5 Å². The molecule has 162 valence electrons. The Balaban J connectivity index is 1.52. The topological polar surface area (TPSA) is 83.4 Å². The minimum atomic E-state index is -0.613. The van der Waals surface area contributed by atoms with Crippen LogP contribution in [0, 0.1) is 20.8 Å². The summed E-state index contributed by atoms with van der Waals surface area (Å²) < 4.78 is 2.08. The van der Waals surface area contributed by atoms with Crippen molar-refractivity contribution in [3.8, 4) is 5.69 Å². The zero-order valence-corrected chi connectivity index (χ0v) is 18.2. The van der Waals surface area contributed by atoms with E-state index in [9.17, 15) is 14.4 Å². The van der Waals surface area contributed by atoms with Crippen molar-refractivity contribution in [2.75, 3.05) is 11.9 Å². The molecule has 2 aromatic carbocycles. The Morgan fingerprint density at radius 3 is 2.47 bits per heavy atom. The van der Waals surface area contributed by atoms with Gasteiger partial charge in [-0.2, -0.15) is 0 Å². The Labute approximate surface area is 186 Å². The van der Waals surface area contributed by atoms with Crippen LogP contribution in [-0.4, -0.2) is 33.9 Å². The third kappa shape index (κ3) is 4.18. The molecule has 2 N–H and O–H groups in total. The number of hydrogen-bond acceptors (Lipinski definition) is 3. The van der Waals surface area contributed by atoms with Crippen LogP contribution in [0.1, 0.15) is 22.5 Å². The number of aromatic nitrogens is 1. The van der Waals surface area contributed by atoms with Crippen LogP contribution in [0.2, 0.25) is 0 Å². The molecule has 4 rings (SSSR count). The van der Waals surface area contributed by atoms with Crippen LogP contribution in [0.15, 0.2) is 66.4 Å². The average Bonchev–Trinajstić information content (AvgIpc) is 3.18. The van der Waals surface area contributed by atoms with Crippen molar-refractivity contribution in [2.24, 2.45) is 0 Å². The summed E-state index contributed by atoms with van der Waals surface area (Å²) in [5, 5.41) is 5.30. The summed E-state index contributed by atoms with van der Waals surface area (Å²) >= 11 is 0. The first-order valence-electron chi connectivity index (χ1n) is 10.3. The molecule has 7 nitrogen and oxygen atoms in total. The molecule has 0 atom stereocenters. The highest BCUT2D eigenvalue weighted by molar-refractivity contribution is 6.16. The van der Waals surface area contributed by atoms with Gasteiger partial charge >= 0.3 is 6.03 Å². The maximum Gasteiger partial charge on any atom is 0.329 e. The molecule has 1 fully saturated rings. The van der Waals surface area contributed by atoms with Gasteiger partial charge < -0.3 is 15.2 Å². The highest BCUT2D eigenvalue weighted by Gasteiger charge is 2.35. The van der Waals surface area contributed by atoms with Crippen molar-refractivity contribution in [2.45, 2.75) is 20.8 Å². The second-order valence-electron chi connectivity index (χ2n) is 7.79. The van der Waals surface area contributed by atoms with Gasteiger partial charge in [0.1, 0.15) is 12.2 Å². The minimum absolute atomic E-state index is 0.145. The van der Waals surface area contributed by atoms with Gasteiger partial charge in [-0.05, 0) is 68.3 Å². The first-order valence-corrected chi connectivity index (χ1v) is 10.3. The van der Waals surface area contributed by atoms with Gasteiger partial charge in [-0.3, -0.25) is 9.59 Å². The fourth-order valence-electron chi connectivity index (χ4n) is 3.85. The summed E-state index contributed by atoms with van der Waals surface area (Å²) in [6, 6.07) is 18.6. The fourth-order valence-corrected chi connectivity index (χ4v) is 3.85. The van der Waals surface area contributed by atoms with E-state index < -0.39 is 17.8 Å². The number of amides is 4. The molecular formula is C25H24N4O3. The van der Waals surface area contributed by atoms with Gasteiger partial charge in [0.15, 0.2) is 0 Å². The van der Waals surface area contributed by atoms with E-state index in [4.69, 9.17) is 0 Å². The molecule has 0 aliphatic carbocycles. The number of urea groups is 1. The molecule has 1 saturated heterocycles. The molecule has 0 spiro atoms. The first kappa shape index (κ1) is 21.1. The lowest BCUT2D eigenvalue weighted by molar-refractivity contribution is -0.127. The quantitative estimate of drug-likeness (QED) is 0.477. The molecule has 1 aliphatic heterocycles. The van der Waals surface area contributed by atoms with Gasteiger partial charge in [0.05, 0.1) is 0 Å². The number of imide groups is 1. The van der Waals surface area contributed by atoms with E-state index in [-0.39, 0.29) is 12.2 Å². The Bertz CT molecular complexity index is 1240. The van der Waals surface area contributed by atoms with E-state index in [2.05, 4.69) is 15.2 Å². The molecule has 7 heteroatoms. The van der Waals surface area contributed by atoms with Gasteiger partial charge in [-0.25, -0.2) is 9.69 Å². The Kier molecular flexibility index (Phi) is 5.64. The zero-order chi connectivity index (χ0) is 22.8. The highest BCUT2D eigenvalue weighted by atomic mass is 16.2. The van der Waals surface area contributed by atoms with Gasteiger partial charge in [0.25, 0.3) is 5.91 Å². The third-order valence-corrected chi connectivity index (χ3v) is 5.35. The Morgan fingerprint density at radius 2 is 1.75 bits per heavy atom. The van der Waals surface area contributed by atoms with Crippen LogP contribution in [0.5, 0.6) is 0 Å². The highest BCUT2D eigenvalue weighted by Crippen LogP contribution is 2.24. The lowest BCUT2D eigenvalue weighted by atomic mass is 10.2. The summed E-state index contributed by atoms with van der Waals surface area (Å²) in [7, 11) is 0. The summed E-state index contributed by atoms with van der Waals surface area (Å²) in [5.74, 6) is -0.971. The van der Waals surface area contributed by atoms with Crippen LogP contribution >= 0.6 is 0 Å². The van der Waals surface area contributed by atoms with Crippen LogP contribution in [0.3, 0.4) is 0 Å². The number of para-hydroxylation sites is 1. The monoisotopic (exact) mass is 428 g/mol. The lowest BCUT2D eigenvalue weighted by Crippen LogP contribution is -2.38. The molecule has 3 aromatic rings. The predicted octanol–water partition coefficient (Wildman–Crippen LogP) is 3.93. The summed E-state index contributed by atoms with van der Waals surface area (Å²) in [6.07, 6.45) is 1.65. The van der Waals surface area contributed by atoms with E-state index in [1.165, 1.54) is 0 Å². The standard InChI is InChI=1S/C25H24N4O3/c1-16-8-7-9-20(12-16)26-23(30)15-28-24(31)22(27-25(28)32)14-19-13-17(2)29(18(19)3)21-10-5-4-6-11-21/h4-14H,15H2,1-3H3,(H,26,30)(H,27,32)/b22-14+. The largest absolute Gasteiger partial charge is 0.329 e. The van der Waals surface area contributed by atoms with E-state index in [1.807, 2.05) is 75.4 Å². The third-order valence-electron chi connectivity index (χ3n) is 5.35. The fraction of sp³-hybridized carbons (Fsp3) is 0.160. The van der Waals surface area contributed by atoms with E-state index in [0.717, 1.165) is 33.1 Å². The van der Waals surface area contributed by atoms with Crippen molar-refractivity contribution < 1.29 is 14.4 Å². The normalized spacial score (nSPS) is 14.7. The zero-order valence-electron chi connectivity index (χ0n) is 18.2. The Hall–Kier alpha value is -4.13. The number of benzene rings is 2. The average molecular weight is 428 g/mol. The summed E-state index contributed by atoms with van der Waals surface area (Å²) in [6.45, 7) is 5.50. The molecular weight excluding hydrogens is 404 g/mol. The van der Waals surface area contributed by atoms with E-state index in [1.54, 1.807) is 12.1 Å². The van der Waals surface area contributed by atoms with Crippen molar-refractivity contribution in [3.63, 3.8) is 0 Å². The molecule has 1 aliphatic rings. The molecule has 0 bridgehead atoms. The maximum absolute atomic E-state index is 12.8. The number of hydrogen-bond donors (Lipinski definition) is 2. The van der Waals surface area contributed by atoms with E-state index in [0.29, 0.717) is 5.69 Å². The van der Waals surface area contributed by atoms with Gasteiger partial charge in [-0.1, -0.05) is 30.3 Å². The maximum atomic E-state index is 12.8. The van der Waals surface area contributed by atoms with Gasteiger partial charge in [0, 0.05) is 22.8 Å². The second-order valence-corrected chi connectivity index (χ2v) is 7.79. The molecule has 1 aromatic heterocycles. The number of rotatable bonds is 5. The van der Waals surface area contributed by atoms with Crippen LogP contribution < -0.4 is 10.6 Å². The molecule has 0 unspecified atom stereocenters. The lowest BCUT2D eigenvalue weighted by Gasteiger charge is -2.12. The number of anilines is 1. The Morgan fingerprint density at radius 1 is 1.00 bits per heavy atom. The molecule has 0 saturated carbocycles. The number of carbonyl (C=O) groups is 3. The van der Waals surface area contributed by atoms with Crippen LogP contribution in [0.25, 0.3) is 11.8 Å². The number of aryl methyl sites for hydroxylation is 2. The number of nitrogens with zero attached hydrogens (tertiary/aromatic N) is 2. The molecule has 4 amide bonds. The van der Waals surface area contributed by atoms with Crippen LogP contribution in [-0.2, 0) is 9.59 Å². The van der Waals surface area contributed by atoms with Crippen molar-refractivity contribution >= 4 is 29.6 Å². The smallest absolute Gasteiger partial charge is 0.325 e. The van der Waals surface area contributed by atoms with E-state index >= 15 is 0 Å². The molecule has 2 heterocycles. The second kappa shape index (κ2) is 8.55. The van der Waals surface area contributed by atoms with Crippen molar-refractivity contribution in [1.29, 1.82) is 0 Å². The summed E-state index contributed by atoms with van der Waals surface area (Å²) in [4.78, 5) is 38.5. The van der Waals surface area contributed by atoms with Gasteiger partial charge in [0.2, 0.25) is 5.91 Å². The first-order chi connectivity index (χ1) is 15.3. The van der Waals surface area contributed by atoms with Crippen molar-refractivity contribution in [1.82, 2.24) is 14.8 Å². The minimum Gasteiger partial charge on any atom is -0.325 e. The number of nitrogens with one attached hydrogen (secondary N) is 2. The number of carbonyl (C=O) groups excluding carboxylic acids is 3. The summed E-state index contributed by atoms with van der Waals surface area (Å²) in [5.41, 5.74) is 5.55. The van der Waals surface area contributed by atoms with Gasteiger partial charge in [-0.15, -0.1) is 0 Å².